The first-order valence-corrected chi connectivity index (χ1v) is 11.3. The quantitative estimate of drug-likeness (QED) is 0.665. The van der Waals surface area contributed by atoms with Gasteiger partial charge in [-0.15, -0.1) is 0 Å². The second kappa shape index (κ2) is 9.01. The summed E-state index contributed by atoms with van der Waals surface area (Å²) in [5.41, 5.74) is 0.487. The molecule has 162 valence electrons. The van der Waals surface area contributed by atoms with E-state index in [1.807, 2.05) is 45.0 Å². The Morgan fingerprint density at radius 1 is 1.20 bits per heavy atom. The van der Waals surface area contributed by atoms with Gasteiger partial charge in [-0.05, 0) is 50.7 Å². The highest BCUT2D eigenvalue weighted by Crippen LogP contribution is 2.24. The lowest BCUT2D eigenvalue weighted by Crippen LogP contribution is -2.40. The fraction of sp³-hybridized carbons (Fsp3) is 0.429. The van der Waals surface area contributed by atoms with E-state index in [0.717, 1.165) is 5.76 Å². The molecule has 0 spiro atoms. The van der Waals surface area contributed by atoms with Crippen LogP contribution in [0.2, 0.25) is 0 Å². The van der Waals surface area contributed by atoms with Crippen LogP contribution in [-0.4, -0.2) is 51.7 Å². The van der Waals surface area contributed by atoms with Gasteiger partial charge in [0.15, 0.2) is 0 Å². The number of sulfonamides is 1. The van der Waals surface area contributed by atoms with Crippen LogP contribution in [0.1, 0.15) is 37.6 Å². The van der Waals surface area contributed by atoms with Crippen LogP contribution >= 0.6 is 0 Å². The van der Waals surface area contributed by atoms with E-state index in [1.54, 1.807) is 24.5 Å². The lowest BCUT2D eigenvalue weighted by molar-refractivity contribution is -0.122. The first kappa shape index (κ1) is 22.0. The number of fused-ring (bicyclic) bond motifs is 1. The fourth-order valence-electron chi connectivity index (χ4n) is 3.38. The van der Waals surface area contributed by atoms with Crippen molar-refractivity contribution >= 4 is 21.8 Å². The molecule has 2 N–H and O–H groups in total. The normalized spacial score (nSPS) is 18.3. The van der Waals surface area contributed by atoms with Crippen molar-refractivity contribution < 1.29 is 17.6 Å². The van der Waals surface area contributed by atoms with Crippen molar-refractivity contribution in [2.75, 3.05) is 20.6 Å². The smallest absolute Gasteiger partial charge is 0.263 e. The molecule has 2 aromatic rings. The van der Waals surface area contributed by atoms with Gasteiger partial charge in [-0.3, -0.25) is 19.4 Å². The fourth-order valence-corrected chi connectivity index (χ4v) is 4.62. The van der Waals surface area contributed by atoms with E-state index in [0.29, 0.717) is 18.5 Å². The SMILES string of the molecule is CC(C)CC(N=C1NS(=O)(=O)c2ccccc21)C(=O)NCC(c1ccco1)N(C)C. The van der Waals surface area contributed by atoms with Crippen molar-refractivity contribution in [2.24, 2.45) is 10.9 Å². The van der Waals surface area contributed by atoms with Gasteiger partial charge >= 0.3 is 0 Å². The van der Waals surface area contributed by atoms with Crippen molar-refractivity contribution in [1.29, 1.82) is 0 Å². The van der Waals surface area contributed by atoms with E-state index >= 15 is 0 Å². The standard InChI is InChI=1S/C21H28N4O4S/c1-14(2)12-16(21(26)22-13-17(25(3)4)18-9-7-11-29-18)23-20-15-8-5-6-10-19(15)30(27,28)24-20/h5-11,14,16-17H,12-13H2,1-4H3,(H,22,26)(H,23,24). The van der Waals surface area contributed by atoms with Crippen molar-refractivity contribution in [3.8, 4) is 0 Å². The van der Waals surface area contributed by atoms with Crippen LogP contribution in [0.25, 0.3) is 0 Å². The molecule has 0 fully saturated rings. The average molecular weight is 433 g/mol. The number of furan rings is 1. The molecule has 0 aliphatic carbocycles. The molecule has 0 saturated carbocycles. The van der Waals surface area contributed by atoms with Gasteiger partial charge < -0.3 is 9.73 Å². The average Bonchev–Trinajstić information content (AvgIpc) is 3.28. The number of nitrogens with one attached hydrogen (secondary N) is 2. The highest BCUT2D eigenvalue weighted by molar-refractivity contribution is 7.90. The van der Waals surface area contributed by atoms with Gasteiger partial charge in [0, 0.05) is 12.1 Å². The van der Waals surface area contributed by atoms with Crippen molar-refractivity contribution in [3.05, 3.63) is 54.0 Å². The molecular formula is C21H28N4O4S. The molecule has 1 aromatic carbocycles. The van der Waals surface area contributed by atoms with E-state index < -0.39 is 16.1 Å². The highest BCUT2D eigenvalue weighted by atomic mass is 32.2. The number of amidine groups is 1. The predicted octanol–water partition coefficient (Wildman–Crippen LogP) is 2.15. The van der Waals surface area contributed by atoms with Gasteiger partial charge in [-0.25, -0.2) is 8.42 Å². The first-order chi connectivity index (χ1) is 14.2. The number of nitrogens with zero attached hydrogens (tertiary/aromatic N) is 2. The number of amides is 1. The Morgan fingerprint density at radius 2 is 1.93 bits per heavy atom. The lowest BCUT2D eigenvalue weighted by atomic mass is 10.0. The van der Waals surface area contributed by atoms with E-state index in [1.165, 1.54) is 6.07 Å². The largest absolute Gasteiger partial charge is 0.468 e. The second-order valence-electron chi connectivity index (χ2n) is 7.96. The molecule has 1 aliphatic rings. The summed E-state index contributed by atoms with van der Waals surface area (Å²) in [6.45, 7) is 4.35. The molecule has 3 rings (SSSR count). The van der Waals surface area contributed by atoms with Gasteiger partial charge in [0.05, 0.1) is 17.2 Å². The summed E-state index contributed by atoms with van der Waals surface area (Å²) in [7, 11) is 0.172. The molecule has 0 bridgehead atoms. The molecular weight excluding hydrogens is 404 g/mol. The molecule has 2 atom stereocenters. The monoisotopic (exact) mass is 432 g/mol. The summed E-state index contributed by atoms with van der Waals surface area (Å²) >= 11 is 0. The van der Waals surface area contributed by atoms with E-state index in [9.17, 15) is 13.2 Å². The van der Waals surface area contributed by atoms with Crippen molar-refractivity contribution in [1.82, 2.24) is 14.9 Å². The maximum Gasteiger partial charge on any atom is 0.263 e. The summed E-state index contributed by atoms with van der Waals surface area (Å²) in [5.74, 6) is 0.914. The minimum Gasteiger partial charge on any atom is -0.468 e. The van der Waals surface area contributed by atoms with E-state index in [-0.39, 0.29) is 28.6 Å². The number of benzene rings is 1. The molecule has 30 heavy (non-hydrogen) atoms. The second-order valence-corrected chi connectivity index (χ2v) is 9.62. The number of hydrogen-bond donors (Lipinski definition) is 2. The van der Waals surface area contributed by atoms with Crippen LogP contribution < -0.4 is 10.0 Å². The summed E-state index contributed by atoms with van der Waals surface area (Å²) in [4.78, 5) is 19.6. The summed E-state index contributed by atoms with van der Waals surface area (Å²) in [6, 6.07) is 9.47. The topological polar surface area (TPSA) is 104 Å². The molecule has 1 aliphatic heterocycles. The Balaban J connectivity index is 1.81. The predicted molar refractivity (Wildman–Crippen MR) is 115 cm³/mol. The minimum absolute atomic E-state index is 0.123. The van der Waals surface area contributed by atoms with Crippen molar-refractivity contribution in [3.63, 3.8) is 0 Å². The van der Waals surface area contributed by atoms with Crippen LogP contribution in [0.5, 0.6) is 0 Å². The molecule has 2 unspecified atom stereocenters. The Labute approximate surface area is 177 Å². The summed E-state index contributed by atoms with van der Waals surface area (Å²) in [6.07, 6.45) is 2.09. The third-order valence-corrected chi connectivity index (χ3v) is 6.31. The van der Waals surface area contributed by atoms with Gasteiger partial charge in [-0.1, -0.05) is 26.0 Å². The zero-order valence-electron chi connectivity index (χ0n) is 17.6. The number of carbonyl (C=O) groups excluding carboxylic acids is 1. The number of carbonyl (C=O) groups is 1. The number of likely N-dealkylation sites (N-methyl/N-ethyl adjacent to an activating group) is 1. The van der Waals surface area contributed by atoms with Gasteiger partial charge in [0.2, 0.25) is 5.91 Å². The molecule has 2 heterocycles. The van der Waals surface area contributed by atoms with Crippen LogP contribution in [0.4, 0.5) is 0 Å². The summed E-state index contributed by atoms with van der Waals surface area (Å²) < 4.78 is 32.7. The molecule has 1 amide bonds. The van der Waals surface area contributed by atoms with Crippen LogP contribution in [0.3, 0.4) is 0 Å². The maximum absolute atomic E-state index is 13.0. The lowest BCUT2D eigenvalue weighted by Gasteiger charge is -2.24. The van der Waals surface area contributed by atoms with Crippen LogP contribution in [0, 0.1) is 5.92 Å². The zero-order valence-corrected chi connectivity index (χ0v) is 18.4. The number of aliphatic imine (C=N–C) groups is 1. The molecule has 0 radical (unpaired) electrons. The van der Waals surface area contributed by atoms with E-state index in [2.05, 4.69) is 15.0 Å². The third kappa shape index (κ3) is 4.91. The van der Waals surface area contributed by atoms with Crippen molar-refractivity contribution in [2.45, 2.75) is 37.2 Å². The molecule has 9 heteroatoms. The maximum atomic E-state index is 13.0. The Bertz CT molecular complexity index is 1010. The third-order valence-electron chi connectivity index (χ3n) is 4.91. The van der Waals surface area contributed by atoms with Gasteiger partial charge in [-0.2, -0.15) is 0 Å². The minimum atomic E-state index is -3.65. The number of hydrogen-bond acceptors (Lipinski definition) is 6. The Kier molecular flexibility index (Phi) is 6.62. The molecule has 8 nitrogen and oxygen atoms in total. The van der Waals surface area contributed by atoms with Gasteiger partial charge in [0.25, 0.3) is 10.0 Å². The first-order valence-electron chi connectivity index (χ1n) is 9.86. The summed E-state index contributed by atoms with van der Waals surface area (Å²) in [5, 5.41) is 2.95. The molecule has 0 saturated heterocycles. The zero-order chi connectivity index (χ0) is 21.9. The Morgan fingerprint density at radius 3 is 2.57 bits per heavy atom. The highest BCUT2D eigenvalue weighted by Gasteiger charge is 2.32. The molecule has 1 aromatic heterocycles. The van der Waals surface area contributed by atoms with Crippen LogP contribution in [0.15, 0.2) is 57.0 Å². The van der Waals surface area contributed by atoms with E-state index in [4.69, 9.17) is 4.42 Å². The Hall–Kier alpha value is -2.65. The number of rotatable bonds is 8. The van der Waals surface area contributed by atoms with Gasteiger partial charge in [0.1, 0.15) is 17.6 Å². The van der Waals surface area contributed by atoms with Crippen LogP contribution in [-0.2, 0) is 14.8 Å².